The quantitative estimate of drug-likeness (QED) is 0.160. The maximum atomic E-state index is 13.0. The van der Waals surface area contributed by atoms with Crippen molar-refractivity contribution < 1.29 is 23.5 Å². The van der Waals surface area contributed by atoms with Gasteiger partial charge in [-0.1, -0.05) is 105 Å². The fourth-order valence-electron chi connectivity index (χ4n) is 3.73. The van der Waals surface area contributed by atoms with Crippen molar-refractivity contribution in [3.63, 3.8) is 0 Å². The standard InChI is InChI=1S/C26H29O5PS/c1-25(2,23(27)18-24(33)31-32(28)29)19-30-26(20-12-6-3-7-13-20,21-14-8-4-9-15-21)22-16-10-5-11-17-22/h3-17,24,32-33H,18-19H2,1-2H3,(H,28,29). The fraction of sp³-hybridized carbons (Fsp3) is 0.269. The number of carbonyl (C=O) groups excluding carboxylic acids is 1. The first-order valence-electron chi connectivity index (χ1n) is 10.7. The van der Waals surface area contributed by atoms with Gasteiger partial charge in [0.05, 0.1) is 6.61 Å². The van der Waals surface area contributed by atoms with Crippen molar-refractivity contribution in [3.8, 4) is 0 Å². The minimum absolute atomic E-state index is 0.106. The molecular formula is C26H29O5PS. The number of ether oxygens (including phenoxy) is 1. The maximum Gasteiger partial charge on any atom is 0.317 e. The predicted octanol–water partition coefficient (Wildman–Crippen LogP) is 5.64. The molecule has 0 fully saturated rings. The van der Waals surface area contributed by atoms with Crippen LogP contribution in [0.25, 0.3) is 0 Å². The molecular weight excluding hydrogens is 455 g/mol. The molecule has 7 heteroatoms. The molecule has 0 aliphatic carbocycles. The summed E-state index contributed by atoms with van der Waals surface area (Å²) in [6.45, 7) is 3.70. The summed E-state index contributed by atoms with van der Waals surface area (Å²) in [5, 5.41) is 0. The summed E-state index contributed by atoms with van der Waals surface area (Å²) in [7, 11) is -3.18. The molecule has 0 saturated heterocycles. The first-order valence-corrected chi connectivity index (χ1v) is 12.5. The first-order chi connectivity index (χ1) is 15.8. The third kappa shape index (κ3) is 6.23. The highest BCUT2D eigenvalue weighted by atomic mass is 32.1. The van der Waals surface area contributed by atoms with Crippen LogP contribution in [0.4, 0.5) is 0 Å². The molecule has 0 aliphatic heterocycles. The van der Waals surface area contributed by atoms with E-state index in [1.54, 1.807) is 13.8 Å². The topological polar surface area (TPSA) is 72.8 Å². The average molecular weight is 485 g/mol. The van der Waals surface area contributed by atoms with Gasteiger partial charge in [0.25, 0.3) is 0 Å². The molecule has 174 valence electrons. The van der Waals surface area contributed by atoms with E-state index in [1.807, 2.05) is 91.0 Å². The van der Waals surface area contributed by atoms with Gasteiger partial charge in [0.15, 0.2) is 0 Å². The number of rotatable bonds is 11. The van der Waals surface area contributed by atoms with Gasteiger partial charge < -0.3 is 9.63 Å². The zero-order valence-electron chi connectivity index (χ0n) is 18.7. The Labute approximate surface area is 201 Å². The molecule has 0 aromatic heterocycles. The lowest BCUT2D eigenvalue weighted by Crippen LogP contribution is -2.39. The van der Waals surface area contributed by atoms with Gasteiger partial charge in [-0.2, -0.15) is 0 Å². The van der Waals surface area contributed by atoms with Crippen molar-refractivity contribution in [2.24, 2.45) is 5.41 Å². The van der Waals surface area contributed by atoms with Gasteiger partial charge in [-0.05, 0) is 16.7 Å². The van der Waals surface area contributed by atoms with Gasteiger partial charge in [0.1, 0.15) is 16.8 Å². The minimum Gasteiger partial charge on any atom is -0.360 e. The zero-order valence-corrected chi connectivity index (χ0v) is 20.6. The molecule has 5 nitrogen and oxygen atoms in total. The van der Waals surface area contributed by atoms with Crippen molar-refractivity contribution >= 4 is 26.7 Å². The van der Waals surface area contributed by atoms with Crippen LogP contribution >= 0.6 is 20.9 Å². The van der Waals surface area contributed by atoms with E-state index in [2.05, 4.69) is 12.6 Å². The lowest BCUT2D eigenvalue weighted by molar-refractivity contribution is -0.134. The summed E-state index contributed by atoms with van der Waals surface area (Å²) in [6, 6.07) is 29.8. The predicted molar refractivity (Wildman–Crippen MR) is 134 cm³/mol. The van der Waals surface area contributed by atoms with Gasteiger partial charge in [-0.25, -0.2) is 0 Å². The number of Topliss-reactive ketones (excluding diaryl/α,β-unsaturated/α-hetero) is 1. The summed E-state index contributed by atoms with van der Waals surface area (Å²) >= 11 is 4.12. The van der Waals surface area contributed by atoms with Crippen LogP contribution in [0, 0.1) is 5.41 Å². The summed E-state index contributed by atoms with van der Waals surface area (Å²) in [5.74, 6) is -0.172. The van der Waals surface area contributed by atoms with Crippen LogP contribution in [-0.4, -0.2) is 22.7 Å². The zero-order chi connectivity index (χ0) is 23.9. The van der Waals surface area contributed by atoms with E-state index in [1.165, 1.54) is 0 Å². The van der Waals surface area contributed by atoms with E-state index in [0.29, 0.717) is 0 Å². The monoisotopic (exact) mass is 484 g/mol. The molecule has 0 radical (unpaired) electrons. The third-order valence-corrected chi connectivity index (χ3v) is 6.51. The number of carbonyl (C=O) groups is 1. The number of hydrogen-bond donors (Lipinski definition) is 2. The molecule has 0 heterocycles. The summed E-state index contributed by atoms with van der Waals surface area (Å²) < 4.78 is 22.5. The second-order valence-electron chi connectivity index (χ2n) is 8.42. The van der Waals surface area contributed by atoms with E-state index in [-0.39, 0.29) is 18.8 Å². The van der Waals surface area contributed by atoms with Crippen molar-refractivity contribution in [3.05, 3.63) is 108 Å². The summed E-state index contributed by atoms with van der Waals surface area (Å²) in [5.41, 5.74) is 0.0586. The average Bonchev–Trinajstić information content (AvgIpc) is 2.81. The normalized spacial score (nSPS) is 13.9. The van der Waals surface area contributed by atoms with Crippen LogP contribution in [0.1, 0.15) is 37.0 Å². The Morgan fingerprint density at radius 1 is 0.879 bits per heavy atom. The van der Waals surface area contributed by atoms with Gasteiger partial charge >= 0.3 is 8.25 Å². The van der Waals surface area contributed by atoms with Crippen molar-refractivity contribution in [1.29, 1.82) is 0 Å². The Balaban J connectivity index is 2.00. The highest BCUT2D eigenvalue weighted by Gasteiger charge is 2.40. The first kappa shape index (κ1) is 25.4. The molecule has 3 aromatic carbocycles. The Morgan fingerprint density at radius 3 is 1.64 bits per heavy atom. The Bertz CT molecular complexity index is 961. The minimum atomic E-state index is -3.18. The van der Waals surface area contributed by atoms with E-state index in [9.17, 15) is 9.36 Å². The van der Waals surface area contributed by atoms with Crippen LogP contribution in [0.3, 0.4) is 0 Å². The molecule has 0 aliphatic rings. The lowest BCUT2D eigenvalue weighted by Gasteiger charge is -2.38. The molecule has 0 saturated carbocycles. The van der Waals surface area contributed by atoms with E-state index in [0.717, 1.165) is 16.7 Å². The van der Waals surface area contributed by atoms with E-state index in [4.69, 9.17) is 14.2 Å². The van der Waals surface area contributed by atoms with E-state index < -0.39 is 24.7 Å². The largest absolute Gasteiger partial charge is 0.360 e. The van der Waals surface area contributed by atoms with Crippen molar-refractivity contribution in [2.75, 3.05) is 6.61 Å². The summed E-state index contributed by atoms with van der Waals surface area (Å²) in [6.07, 6.45) is -0.106. The Kier molecular flexibility index (Phi) is 8.69. The van der Waals surface area contributed by atoms with Gasteiger partial charge in [-0.3, -0.25) is 13.9 Å². The molecule has 1 N–H and O–H groups in total. The number of hydrogen-bond acceptors (Lipinski definition) is 5. The lowest BCUT2D eigenvalue weighted by atomic mass is 9.79. The molecule has 3 aromatic rings. The molecule has 2 unspecified atom stereocenters. The van der Waals surface area contributed by atoms with Crippen LogP contribution in [0.15, 0.2) is 91.0 Å². The fourth-order valence-corrected chi connectivity index (χ4v) is 4.48. The van der Waals surface area contributed by atoms with Crippen LogP contribution < -0.4 is 0 Å². The Morgan fingerprint density at radius 2 is 1.27 bits per heavy atom. The molecule has 0 amide bonds. The smallest absolute Gasteiger partial charge is 0.317 e. The van der Waals surface area contributed by atoms with Crippen LogP contribution in [0.2, 0.25) is 0 Å². The summed E-state index contributed by atoms with van der Waals surface area (Å²) in [4.78, 5) is 22.0. The highest BCUT2D eigenvalue weighted by Crippen LogP contribution is 2.42. The Hall–Kier alpha value is -2.21. The number of thiol groups is 1. The third-order valence-electron chi connectivity index (χ3n) is 5.54. The number of ketones is 1. The maximum absolute atomic E-state index is 13.0. The van der Waals surface area contributed by atoms with Gasteiger partial charge in [0.2, 0.25) is 0 Å². The molecule has 33 heavy (non-hydrogen) atoms. The SMILES string of the molecule is CC(C)(COC(c1ccccc1)(c1ccccc1)c1ccccc1)C(=O)CC(S)O[PH](=O)O. The van der Waals surface area contributed by atoms with Crippen molar-refractivity contribution in [1.82, 2.24) is 0 Å². The molecule has 0 bridgehead atoms. The van der Waals surface area contributed by atoms with Crippen molar-refractivity contribution in [2.45, 2.75) is 31.3 Å². The van der Waals surface area contributed by atoms with Gasteiger partial charge in [-0.15, -0.1) is 12.6 Å². The van der Waals surface area contributed by atoms with Gasteiger partial charge in [0, 0.05) is 11.8 Å². The molecule has 3 rings (SSSR count). The number of benzene rings is 3. The van der Waals surface area contributed by atoms with E-state index >= 15 is 0 Å². The second-order valence-corrected chi connectivity index (χ2v) is 9.76. The van der Waals surface area contributed by atoms with Crippen LogP contribution in [-0.2, 0) is 24.2 Å². The molecule has 2 atom stereocenters. The highest BCUT2D eigenvalue weighted by molar-refractivity contribution is 7.81. The second kappa shape index (κ2) is 11.3. The molecule has 0 spiro atoms. The van der Waals surface area contributed by atoms with Crippen LogP contribution in [0.5, 0.6) is 0 Å².